The van der Waals surface area contributed by atoms with Gasteiger partial charge in [0.25, 0.3) is 0 Å². The van der Waals surface area contributed by atoms with Crippen LogP contribution < -0.4 is 11.1 Å². The summed E-state index contributed by atoms with van der Waals surface area (Å²) in [7, 11) is 0. The van der Waals surface area contributed by atoms with Crippen LogP contribution in [0.25, 0.3) is 0 Å². The average Bonchev–Trinajstić information content (AvgIpc) is 2.79. The van der Waals surface area contributed by atoms with E-state index in [0.717, 1.165) is 5.56 Å². The molecule has 1 aromatic rings. The normalized spacial score (nSPS) is 16.8. The van der Waals surface area contributed by atoms with Crippen LogP contribution in [0, 0.1) is 0 Å². The molecule has 0 spiro atoms. The smallest absolute Gasteiger partial charge is 0.189 e. The highest BCUT2D eigenvalue weighted by Crippen LogP contribution is 2.17. The van der Waals surface area contributed by atoms with Crippen molar-refractivity contribution < 1.29 is 4.74 Å². The molecular weight excluding hydrogens is 425 g/mol. The maximum Gasteiger partial charge on any atom is 0.189 e. The molecule has 0 heterocycles. The van der Waals surface area contributed by atoms with Crippen LogP contribution in [-0.2, 0) is 17.9 Å². The van der Waals surface area contributed by atoms with E-state index in [1.807, 2.05) is 0 Å². The van der Waals surface area contributed by atoms with E-state index in [9.17, 15) is 0 Å². The largest absolute Gasteiger partial charge is 0.371 e. The topological polar surface area (TPSA) is 59.6 Å². The highest BCUT2D eigenvalue weighted by atomic mass is 127. The van der Waals surface area contributed by atoms with E-state index in [1.165, 1.54) is 44.1 Å². The fourth-order valence-electron chi connectivity index (χ4n) is 2.97. The molecule has 0 amide bonds. The van der Waals surface area contributed by atoms with Crippen molar-refractivity contribution in [2.45, 2.75) is 84.1 Å². The number of nitrogens with zero attached hydrogens (tertiary/aromatic N) is 1. The summed E-state index contributed by atoms with van der Waals surface area (Å²) in [5, 5.41) is 3.39. The first-order valence-corrected chi connectivity index (χ1v) is 9.20. The molecule has 0 atom stereocenters. The molecule has 4 nitrogen and oxygen atoms in total. The number of rotatable bonds is 5. The van der Waals surface area contributed by atoms with E-state index in [0.29, 0.717) is 25.2 Å². The van der Waals surface area contributed by atoms with Crippen molar-refractivity contribution in [3.63, 3.8) is 0 Å². The Morgan fingerprint density at radius 3 is 2.44 bits per heavy atom. The van der Waals surface area contributed by atoms with Crippen molar-refractivity contribution >= 4 is 29.9 Å². The lowest BCUT2D eigenvalue weighted by molar-refractivity contribution is -0.0149. The zero-order valence-corrected chi connectivity index (χ0v) is 18.2. The molecule has 3 N–H and O–H groups in total. The molecule has 1 aromatic carbocycles. The van der Waals surface area contributed by atoms with Gasteiger partial charge in [0, 0.05) is 6.04 Å². The van der Waals surface area contributed by atoms with Gasteiger partial charge in [-0.15, -0.1) is 24.0 Å². The fraction of sp³-hybridized carbons (Fsp3) is 0.650. The van der Waals surface area contributed by atoms with Gasteiger partial charge in [-0.3, -0.25) is 0 Å². The fourth-order valence-corrected chi connectivity index (χ4v) is 2.97. The minimum Gasteiger partial charge on any atom is -0.371 e. The van der Waals surface area contributed by atoms with E-state index in [2.05, 4.69) is 55.3 Å². The number of nitrogens with two attached hydrogens (primary N) is 1. The Labute approximate surface area is 170 Å². The van der Waals surface area contributed by atoms with Gasteiger partial charge in [0.05, 0.1) is 18.8 Å². The third kappa shape index (κ3) is 9.45. The molecule has 0 aromatic heterocycles. The molecule has 0 aliphatic heterocycles. The van der Waals surface area contributed by atoms with Crippen LogP contribution >= 0.6 is 24.0 Å². The molecule has 142 valence electrons. The van der Waals surface area contributed by atoms with Crippen LogP contribution in [-0.4, -0.2) is 17.6 Å². The maximum absolute atomic E-state index is 6.07. The molecule has 0 saturated heterocycles. The third-order valence-electron chi connectivity index (χ3n) is 4.30. The Bertz CT molecular complexity index is 532. The zero-order chi connectivity index (χ0) is 17.4. The summed E-state index contributed by atoms with van der Waals surface area (Å²) < 4.78 is 5.84. The van der Waals surface area contributed by atoms with E-state index in [1.54, 1.807) is 0 Å². The van der Waals surface area contributed by atoms with Crippen molar-refractivity contribution in [3.05, 3.63) is 35.4 Å². The maximum atomic E-state index is 6.07. The SMILES string of the molecule is CC(C)(C)OCc1cccc(CN=C(N)NC2CCCCCC2)c1.I. The van der Waals surface area contributed by atoms with Crippen LogP contribution in [0.1, 0.15) is 70.4 Å². The standard InChI is InChI=1S/C20H33N3O.HI/c1-20(2,3)24-15-17-10-8-9-16(13-17)14-22-19(21)23-18-11-6-4-5-7-12-18;/h8-10,13,18H,4-7,11-12,14-15H2,1-3H3,(H3,21,22,23);1H. The summed E-state index contributed by atoms with van der Waals surface area (Å²) >= 11 is 0. The molecule has 0 unspecified atom stereocenters. The predicted molar refractivity (Wildman–Crippen MR) is 116 cm³/mol. The molecule has 2 rings (SSSR count). The summed E-state index contributed by atoms with van der Waals surface area (Å²) in [6.45, 7) is 7.44. The highest BCUT2D eigenvalue weighted by molar-refractivity contribution is 14.0. The predicted octanol–water partition coefficient (Wildman–Crippen LogP) is 4.75. The van der Waals surface area contributed by atoms with Crippen molar-refractivity contribution in [3.8, 4) is 0 Å². The van der Waals surface area contributed by atoms with Crippen LogP contribution in [0.4, 0.5) is 0 Å². The summed E-state index contributed by atoms with van der Waals surface area (Å²) in [5.41, 5.74) is 8.28. The minimum absolute atomic E-state index is 0. The molecule has 1 aliphatic carbocycles. The number of nitrogens with one attached hydrogen (secondary N) is 1. The van der Waals surface area contributed by atoms with E-state index in [-0.39, 0.29) is 29.6 Å². The number of hydrogen-bond acceptors (Lipinski definition) is 2. The second kappa shape index (κ2) is 11.0. The van der Waals surface area contributed by atoms with Crippen LogP contribution in [0.15, 0.2) is 29.3 Å². The lowest BCUT2D eigenvalue weighted by Gasteiger charge is -2.19. The van der Waals surface area contributed by atoms with Gasteiger partial charge in [-0.2, -0.15) is 0 Å². The summed E-state index contributed by atoms with van der Waals surface area (Å²) in [5.74, 6) is 0.568. The van der Waals surface area contributed by atoms with E-state index < -0.39 is 0 Å². The Balaban J connectivity index is 0.00000312. The molecule has 5 heteroatoms. The van der Waals surface area contributed by atoms with Crippen molar-refractivity contribution in [1.29, 1.82) is 0 Å². The lowest BCUT2D eigenvalue weighted by atomic mass is 10.1. The number of aliphatic imine (C=N–C) groups is 1. The van der Waals surface area contributed by atoms with Gasteiger partial charge >= 0.3 is 0 Å². The highest BCUT2D eigenvalue weighted by Gasteiger charge is 2.12. The number of benzene rings is 1. The second-order valence-corrected chi connectivity index (χ2v) is 7.76. The van der Waals surface area contributed by atoms with E-state index >= 15 is 0 Å². The molecule has 1 fully saturated rings. The minimum atomic E-state index is -0.124. The number of ether oxygens (including phenoxy) is 1. The number of guanidine groups is 1. The lowest BCUT2D eigenvalue weighted by Crippen LogP contribution is -2.39. The Morgan fingerprint density at radius 2 is 1.80 bits per heavy atom. The Kier molecular flexibility index (Phi) is 9.79. The van der Waals surface area contributed by atoms with Crippen molar-refractivity contribution in [1.82, 2.24) is 5.32 Å². The van der Waals surface area contributed by atoms with Crippen LogP contribution in [0.2, 0.25) is 0 Å². The quantitative estimate of drug-likeness (QED) is 0.289. The van der Waals surface area contributed by atoms with Crippen molar-refractivity contribution in [2.75, 3.05) is 0 Å². The first kappa shape index (κ1) is 22.2. The van der Waals surface area contributed by atoms with E-state index in [4.69, 9.17) is 10.5 Å². The monoisotopic (exact) mass is 459 g/mol. The first-order chi connectivity index (χ1) is 11.4. The summed E-state index contributed by atoms with van der Waals surface area (Å²) in [6, 6.07) is 8.87. The van der Waals surface area contributed by atoms with Gasteiger partial charge in [0.15, 0.2) is 5.96 Å². The molecule has 0 radical (unpaired) electrons. The molecule has 0 bridgehead atoms. The van der Waals surface area contributed by atoms with Crippen LogP contribution in [0.3, 0.4) is 0 Å². The molecule has 1 aliphatic rings. The van der Waals surface area contributed by atoms with Crippen LogP contribution in [0.5, 0.6) is 0 Å². The molecule has 25 heavy (non-hydrogen) atoms. The third-order valence-corrected chi connectivity index (χ3v) is 4.30. The van der Waals surface area contributed by atoms with Gasteiger partial charge in [-0.1, -0.05) is 49.9 Å². The Hall–Kier alpha value is -0.820. The first-order valence-electron chi connectivity index (χ1n) is 9.20. The summed E-state index contributed by atoms with van der Waals surface area (Å²) in [6.07, 6.45) is 7.69. The zero-order valence-electron chi connectivity index (χ0n) is 15.9. The number of halogens is 1. The Morgan fingerprint density at radius 1 is 1.16 bits per heavy atom. The van der Waals surface area contributed by atoms with Crippen molar-refractivity contribution in [2.24, 2.45) is 10.7 Å². The van der Waals surface area contributed by atoms with Gasteiger partial charge < -0.3 is 15.8 Å². The average molecular weight is 459 g/mol. The van der Waals surface area contributed by atoms with Gasteiger partial charge in [-0.25, -0.2) is 4.99 Å². The molecule has 1 saturated carbocycles. The molecular formula is C20H34IN3O. The second-order valence-electron chi connectivity index (χ2n) is 7.76. The van der Waals surface area contributed by atoms with Gasteiger partial charge in [0.2, 0.25) is 0 Å². The summed E-state index contributed by atoms with van der Waals surface area (Å²) in [4.78, 5) is 4.51. The number of hydrogen-bond donors (Lipinski definition) is 2. The van der Waals surface area contributed by atoms with Gasteiger partial charge in [0.1, 0.15) is 0 Å². The van der Waals surface area contributed by atoms with Gasteiger partial charge in [-0.05, 0) is 44.7 Å².